The van der Waals surface area contributed by atoms with Crippen LogP contribution in [0.15, 0.2) is 85.3 Å². The van der Waals surface area contributed by atoms with Crippen molar-refractivity contribution in [3.8, 4) is 17.0 Å². The minimum atomic E-state index is -0.452. The van der Waals surface area contributed by atoms with Crippen molar-refractivity contribution in [3.63, 3.8) is 0 Å². The second kappa shape index (κ2) is 10.6. The molecule has 1 N–H and O–H groups in total. The summed E-state index contributed by atoms with van der Waals surface area (Å²) in [5, 5.41) is 3.13. The summed E-state index contributed by atoms with van der Waals surface area (Å²) in [6, 6.07) is 21.6. The van der Waals surface area contributed by atoms with Crippen LogP contribution in [0.3, 0.4) is 0 Å². The Bertz CT molecular complexity index is 1330. The predicted molar refractivity (Wildman–Crippen MR) is 141 cm³/mol. The molecule has 0 saturated heterocycles. The highest BCUT2D eigenvalue weighted by Gasteiger charge is 2.38. The Morgan fingerprint density at radius 2 is 1.81 bits per heavy atom. The van der Waals surface area contributed by atoms with Gasteiger partial charge in [0.15, 0.2) is 0 Å². The number of pyridine rings is 3. The molecule has 1 aliphatic rings. The first-order valence-corrected chi connectivity index (χ1v) is 12.1. The van der Waals surface area contributed by atoms with Gasteiger partial charge in [0.05, 0.1) is 7.11 Å². The molecule has 1 amide bonds. The minimum Gasteiger partial charge on any atom is -0.480 e. The summed E-state index contributed by atoms with van der Waals surface area (Å²) in [7, 11) is 1.56. The standard InChI is InChI=1S/C29H29N5O2/c1-20-16-22(13-15-30-20)23-18-25(29(36-2)32-19-23)33-28(35)26(17-21-8-4-3-5-9-21)34(24-11-12-24)27-10-6-7-14-31-27/h3-10,13-16,18-19,24,26H,11-12,17H2,1-2H3,(H,33,35)/t26-/m0/s1. The van der Waals surface area contributed by atoms with Gasteiger partial charge in [-0.15, -0.1) is 0 Å². The summed E-state index contributed by atoms with van der Waals surface area (Å²) < 4.78 is 5.50. The normalized spacial score (nSPS) is 13.6. The molecule has 182 valence electrons. The van der Waals surface area contributed by atoms with Gasteiger partial charge in [-0.25, -0.2) is 9.97 Å². The van der Waals surface area contributed by atoms with E-state index in [1.54, 1.807) is 25.7 Å². The number of hydrogen-bond donors (Lipinski definition) is 1. The summed E-state index contributed by atoms with van der Waals surface area (Å²) >= 11 is 0. The van der Waals surface area contributed by atoms with Crippen LogP contribution in [0.5, 0.6) is 5.88 Å². The van der Waals surface area contributed by atoms with Gasteiger partial charge in [0.1, 0.15) is 17.5 Å². The minimum absolute atomic E-state index is 0.125. The molecule has 7 heteroatoms. The third kappa shape index (κ3) is 5.35. The molecule has 1 saturated carbocycles. The number of nitrogens with zero attached hydrogens (tertiary/aromatic N) is 4. The molecule has 0 radical (unpaired) electrons. The van der Waals surface area contributed by atoms with Crippen LogP contribution in [-0.2, 0) is 11.2 Å². The van der Waals surface area contributed by atoms with Gasteiger partial charge in [-0.05, 0) is 61.2 Å². The SMILES string of the molecule is COc1ncc(-c2ccnc(C)c2)cc1NC(=O)[C@H](Cc1ccccc1)N(c1ccccn1)C1CC1. The number of carbonyl (C=O) groups is 1. The van der Waals surface area contributed by atoms with Gasteiger partial charge in [-0.3, -0.25) is 9.78 Å². The molecule has 0 bridgehead atoms. The fraction of sp³-hybridized carbons (Fsp3) is 0.241. The molecular formula is C29H29N5O2. The van der Waals surface area contributed by atoms with Crippen LogP contribution in [-0.4, -0.2) is 40.1 Å². The number of nitrogens with one attached hydrogen (secondary N) is 1. The van der Waals surface area contributed by atoms with E-state index in [2.05, 4.69) is 37.3 Å². The van der Waals surface area contributed by atoms with Crippen molar-refractivity contribution < 1.29 is 9.53 Å². The second-order valence-electron chi connectivity index (χ2n) is 8.99. The number of methoxy groups -OCH3 is 1. The van der Waals surface area contributed by atoms with E-state index in [0.717, 1.165) is 41.0 Å². The zero-order valence-electron chi connectivity index (χ0n) is 20.5. The van der Waals surface area contributed by atoms with Gasteiger partial charge >= 0.3 is 0 Å². The van der Waals surface area contributed by atoms with Gasteiger partial charge in [-0.2, -0.15) is 0 Å². The van der Waals surface area contributed by atoms with Gasteiger partial charge in [0.25, 0.3) is 0 Å². The number of carbonyl (C=O) groups excluding carboxylic acids is 1. The Kier molecular flexibility index (Phi) is 6.89. The molecule has 0 spiro atoms. The van der Waals surface area contributed by atoms with Crippen molar-refractivity contribution in [2.45, 2.75) is 38.3 Å². The predicted octanol–water partition coefficient (Wildman–Crippen LogP) is 5.07. The van der Waals surface area contributed by atoms with Gasteiger partial charge in [0, 0.05) is 42.3 Å². The van der Waals surface area contributed by atoms with Gasteiger partial charge < -0.3 is 15.0 Å². The molecule has 3 aromatic heterocycles. The molecule has 36 heavy (non-hydrogen) atoms. The average Bonchev–Trinajstić information content (AvgIpc) is 3.75. The first-order valence-electron chi connectivity index (χ1n) is 12.1. The molecule has 1 fully saturated rings. The highest BCUT2D eigenvalue weighted by Crippen LogP contribution is 2.34. The van der Waals surface area contributed by atoms with Crippen molar-refractivity contribution >= 4 is 17.4 Å². The van der Waals surface area contributed by atoms with E-state index in [1.807, 2.05) is 61.5 Å². The van der Waals surface area contributed by atoms with Crippen LogP contribution in [0.4, 0.5) is 11.5 Å². The maximum Gasteiger partial charge on any atom is 0.247 e. The Labute approximate surface area is 211 Å². The van der Waals surface area contributed by atoms with Gasteiger partial charge in [-0.1, -0.05) is 36.4 Å². The molecule has 0 aliphatic heterocycles. The number of amides is 1. The number of ether oxygens (including phenoxy) is 1. The third-order valence-corrected chi connectivity index (χ3v) is 6.30. The number of anilines is 2. The molecule has 3 heterocycles. The van der Waals surface area contributed by atoms with E-state index in [-0.39, 0.29) is 11.9 Å². The summed E-state index contributed by atoms with van der Waals surface area (Å²) in [5.74, 6) is 1.05. The fourth-order valence-electron chi connectivity index (χ4n) is 4.42. The Morgan fingerprint density at radius 1 is 1.00 bits per heavy atom. The number of rotatable bonds is 9. The maximum absolute atomic E-state index is 14.0. The summed E-state index contributed by atoms with van der Waals surface area (Å²) in [4.78, 5) is 29.5. The largest absolute Gasteiger partial charge is 0.480 e. The molecule has 1 atom stereocenters. The van der Waals surface area contributed by atoms with E-state index in [9.17, 15) is 4.79 Å². The van der Waals surface area contributed by atoms with E-state index >= 15 is 0 Å². The zero-order valence-corrected chi connectivity index (χ0v) is 20.5. The van der Waals surface area contributed by atoms with Crippen molar-refractivity contribution in [3.05, 3.63) is 96.6 Å². The number of aryl methyl sites for hydroxylation is 1. The maximum atomic E-state index is 14.0. The van der Waals surface area contributed by atoms with Crippen LogP contribution in [0.25, 0.3) is 11.1 Å². The molecule has 1 aliphatic carbocycles. The fourth-order valence-corrected chi connectivity index (χ4v) is 4.42. The molecular weight excluding hydrogens is 450 g/mol. The summed E-state index contributed by atoms with van der Waals surface area (Å²) in [6.45, 7) is 1.95. The number of aromatic nitrogens is 3. The van der Waals surface area contributed by atoms with E-state index in [0.29, 0.717) is 18.0 Å². The molecule has 5 rings (SSSR count). The quantitative estimate of drug-likeness (QED) is 0.361. The molecule has 4 aromatic rings. The number of hydrogen-bond acceptors (Lipinski definition) is 6. The van der Waals surface area contributed by atoms with E-state index in [4.69, 9.17) is 4.74 Å². The van der Waals surface area contributed by atoms with Crippen molar-refractivity contribution in [1.82, 2.24) is 15.0 Å². The van der Waals surface area contributed by atoms with E-state index in [1.165, 1.54) is 0 Å². The van der Waals surface area contributed by atoms with Crippen molar-refractivity contribution in [2.75, 3.05) is 17.3 Å². The van der Waals surface area contributed by atoms with Crippen LogP contribution in [0, 0.1) is 6.92 Å². The average molecular weight is 480 g/mol. The summed E-state index contributed by atoms with van der Waals surface area (Å²) in [5.41, 5.74) is 4.38. The number of benzene rings is 1. The Hall–Kier alpha value is -4.26. The second-order valence-corrected chi connectivity index (χ2v) is 8.99. The van der Waals surface area contributed by atoms with Crippen LogP contribution >= 0.6 is 0 Å². The third-order valence-electron chi connectivity index (χ3n) is 6.30. The van der Waals surface area contributed by atoms with Crippen molar-refractivity contribution in [1.29, 1.82) is 0 Å². The van der Waals surface area contributed by atoms with E-state index < -0.39 is 6.04 Å². The monoisotopic (exact) mass is 479 g/mol. The van der Waals surface area contributed by atoms with Crippen LogP contribution < -0.4 is 15.0 Å². The molecule has 1 aromatic carbocycles. The zero-order chi connectivity index (χ0) is 24.9. The van der Waals surface area contributed by atoms with Gasteiger partial charge in [0.2, 0.25) is 11.8 Å². The molecule has 0 unspecified atom stereocenters. The lowest BCUT2D eigenvalue weighted by atomic mass is 10.0. The molecule has 7 nitrogen and oxygen atoms in total. The Morgan fingerprint density at radius 3 is 2.50 bits per heavy atom. The van der Waals surface area contributed by atoms with Crippen LogP contribution in [0.1, 0.15) is 24.1 Å². The highest BCUT2D eigenvalue weighted by molar-refractivity contribution is 5.98. The lowest BCUT2D eigenvalue weighted by molar-refractivity contribution is -0.117. The smallest absolute Gasteiger partial charge is 0.247 e. The topological polar surface area (TPSA) is 80.2 Å². The lowest BCUT2D eigenvalue weighted by Crippen LogP contribution is -2.47. The van der Waals surface area contributed by atoms with Crippen molar-refractivity contribution in [2.24, 2.45) is 0 Å². The first kappa shape index (κ1) is 23.5. The first-order chi connectivity index (χ1) is 17.6. The summed E-state index contributed by atoms with van der Waals surface area (Å²) in [6.07, 6.45) is 7.92. The van der Waals surface area contributed by atoms with Crippen LogP contribution in [0.2, 0.25) is 0 Å². The lowest BCUT2D eigenvalue weighted by Gasteiger charge is -2.32. The highest BCUT2D eigenvalue weighted by atomic mass is 16.5. The Balaban J connectivity index is 1.49.